The van der Waals surface area contributed by atoms with E-state index in [1.165, 1.54) is 30.3 Å². The molecule has 1 saturated heterocycles. The van der Waals surface area contributed by atoms with Gasteiger partial charge in [-0.25, -0.2) is 0 Å². The summed E-state index contributed by atoms with van der Waals surface area (Å²) in [5.41, 5.74) is 0.0702. The molecule has 0 spiro atoms. The summed E-state index contributed by atoms with van der Waals surface area (Å²) in [6.45, 7) is 10.9. The third-order valence-corrected chi connectivity index (χ3v) is 5.51. The number of hydrogen-bond acceptors (Lipinski definition) is 5. The summed E-state index contributed by atoms with van der Waals surface area (Å²) in [7, 11) is 0. The number of carbonyl (C=O) groups excluding carboxylic acids is 1. The fourth-order valence-corrected chi connectivity index (χ4v) is 3.74. The van der Waals surface area contributed by atoms with Crippen LogP contribution in [0, 0.1) is 16.0 Å². The van der Waals surface area contributed by atoms with Gasteiger partial charge in [0, 0.05) is 43.2 Å². The molecule has 2 rings (SSSR count). The summed E-state index contributed by atoms with van der Waals surface area (Å²) >= 11 is 1.45. The number of nitro groups is 1. The van der Waals surface area contributed by atoms with E-state index < -0.39 is 4.92 Å². The monoisotopic (exact) mass is 365 g/mol. The average molecular weight is 365 g/mol. The van der Waals surface area contributed by atoms with Crippen molar-refractivity contribution >= 4 is 23.4 Å². The molecule has 1 fully saturated rings. The van der Waals surface area contributed by atoms with Gasteiger partial charge in [0.2, 0.25) is 5.91 Å². The van der Waals surface area contributed by atoms with Crippen molar-refractivity contribution in [2.45, 2.75) is 37.3 Å². The van der Waals surface area contributed by atoms with Crippen LogP contribution in [-0.4, -0.2) is 58.6 Å². The summed E-state index contributed by atoms with van der Waals surface area (Å²) in [6, 6.07) is 6.37. The van der Waals surface area contributed by atoms with E-state index in [2.05, 4.69) is 18.7 Å². The van der Waals surface area contributed by atoms with Gasteiger partial charge in [-0.2, -0.15) is 0 Å². The van der Waals surface area contributed by atoms with Crippen molar-refractivity contribution in [1.82, 2.24) is 9.80 Å². The molecule has 0 aromatic heterocycles. The second kappa shape index (κ2) is 9.20. The lowest BCUT2D eigenvalue weighted by molar-refractivity contribution is -0.384. The van der Waals surface area contributed by atoms with Crippen LogP contribution in [0.5, 0.6) is 0 Å². The molecule has 1 heterocycles. The van der Waals surface area contributed by atoms with Gasteiger partial charge in [-0.05, 0) is 37.9 Å². The molecular weight excluding hydrogens is 338 g/mol. The molecule has 0 bridgehead atoms. The maximum Gasteiger partial charge on any atom is 0.269 e. The zero-order chi connectivity index (χ0) is 18.4. The summed E-state index contributed by atoms with van der Waals surface area (Å²) in [5.74, 6) is 0.852. The maximum atomic E-state index is 12.6. The highest BCUT2D eigenvalue weighted by Crippen LogP contribution is 2.26. The topological polar surface area (TPSA) is 66.7 Å². The van der Waals surface area contributed by atoms with Crippen molar-refractivity contribution in [1.29, 1.82) is 0 Å². The number of piperazine rings is 1. The summed E-state index contributed by atoms with van der Waals surface area (Å²) in [4.78, 5) is 28.2. The minimum absolute atomic E-state index is 0.0702. The van der Waals surface area contributed by atoms with E-state index >= 15 is 0 Å². The highest BCUT2D eigenvalue weighted by molar-refractivity contribution is 8.00. The van der Waals surface area contributed by atoms with E-state index in [-0.39, 0.29) is 16.8 Å². The quantitative estimate of drug-likeness (QED) is 0.421. The number of thioether (sulfide) groups is 1. The van der Waals surface area contributed by atoms with Gasteiger partial charge in [-0.15, -0.1) is 11.8 Å². The first-order valence-corrected chi connectivity index (χ1v) is 9.67. The number of nitrogens with zero attached hydrogens (tertiary/aromatic N) is 3. The Hall–Kier alpha value is -1.60. The van der Waals surface area contributed by atoms with Crippen LogP contribution in [0.3, 0.4) is 0 Å². The summed E-state index contributed by atoms with van der Waals surface area (Å²) in [6.07, 6.45) is 1.19. The van der Waals surface area contributed by atoms with Gasteiger partial charge < -0.3 is 4.90 Å². The van der Waals surface area contributed by atoms with Crippen LogP contribution in [0.2, 0.25) is 0 Å². The number of rotatable bonds is 7. The van der Waals surface area contributed by atoms with E-state index in [4.69, 9.17) is 0 Å². The third-order valence-electron chi connectivity index (χ3n) is 4.41. The van der Waals surface area contributed by atoms with E-state index in [0.29, 0.717) is 5.92 Å². The maximum absolute atomic E-state index is 12.6. The van der Waals surface area contributed by atoms with Crippen LogP contribution >= 0.6 is 11.8 Å². The second-order valence-corrected chi connectivity index (χ2v) is 8.27. The van der Waals surface area contributed by atoms with Gasteiger partial charge >= 0.3 is 0 Å². The van der Waals surface area contributed by atoms with Crippen molar-refractivity contribution in [3.05, 3.63) is 34.4 Å². The van der Waals surface area contributed by atoms with Crippen molar-refractivity contribution in [3.63, 3.8) is 0 Å². The first-order valence-electron chi connectivity index (χ1n) is 8.79. The molecule has 0 saturated carbocycles. The minimum atomic E-state index is -0.415. The lowest BCUT2D eigenvalue weighted by atomic mass is 10.1. The Bertz CT molecular complexity index is 584. The molecule has 1 amide bonds. The number of nitro benzene ring substituents is 1. The zero-order valence-electron chi connectivity index (χ0n) is 15.2. The SMILES string of the molecule is CC(C)CCN1CCN(C(=O)C(C)Sc2ccc([N+](=O)[O-])cc2)CC1. The van der Waals surface area contributed by atoms with Crippen molar-refractivity contribution in [2.75, 3.05) is 32.7 Å². The largest absolute Gasteiger partial charge is 0.339 e. The number of benzene rings is 1. The minimum Gasteiger partial charge on any atom is -0.339 e. The van der Waals surface area contributed by atoms with E-state index in [9.17, 15) is 14.9 Å². The lowest BCUT2D eigenvalue weighted by Gasteiger charge is -2.36. The predicted molar refractivity (Wildman–Crippen MR) is 101 cm³/mol. The standard InChI is InChI=1S/C18H27N3O3S/c1-14(2)8-9-19-10-12-20(13-11-19)18(22)15(3)25-17-6-4-16(5-7-17)21(23)24/h4-7,14-15H,8-13H2,1-3H3. The second-order valence-electron chi connectivity index (χ2n) is 6.86. The Morgan fingerprint density at radius 3 is 2.28 bits per heavy atom. The van der Waals surface area contributed by atoms with E-state index in [1.807, 2.05) is 11.8 Å². The van der Waals surface area contributed by atoms with Crippen LogP contribution in [0.15, 0.2) is 29.2 Å². The molecule has 25 heavy (non-hydrogen) atoms. The first kappa shape index (κ1) is 19.7. The van der Waals surface area contributed by atoms with Crippen LogP contribution in [0.1, 0.15) is 27.2 Å². The Morgan fingerprint density at radius 1 is 1.16 bits per heavy atom. The van der Waals surface area contributed by atoms with Gasteiger partial charge in [0.1, 0.15) is 0 Å². The normalized spacial score (nSPS) is 16.9. The molecule has 1 unspecified atom stereocenters. The van der Waals surface area contributed by atoms with Gasteiger partial charge in [0.25, 0.3) is 5.69 Å². The average Bonchev–Trinajstić information content (AvgIpc) is 2.60. The predicted octanol–water partition coefficient (Wildman–Crippen LogP) is 3.27. The Balaban J connectivity index is 1.81. The molecule has 7 heteroatoms. The molecular formula is C18H27N3O3S. The fraction of sp³-hybridized carbons (Fsp3) is 0.611. The molecule has 138 valence electrons. The number of non-ortho nitro benzene ring substituents is 1. The Labute approximate surface area is 153 Å². The van der Waals surface area contributed by atoms with Gasteiger partial charge in [-0.3, -0.25) is 19.8 Å². The number of hydrogen-bond donors (Lipinski definition) is 0. The molecule has 1 aliphatic heterocycles. The van der Waals surface area contributed by atoms with Crippen LogP contribution in [-0.2, 0) is 4.79 Å². The number of carbonyl (C=O) groups is 1. The summed E-state index contributed by atoms with van der Waals surface area (Å²) in [5, 5.41) is 10.5. The molecule has 0 radical (unpaired) electrons. The lowest BCUT2D eigenvalue weighted by Crippen LogP contribution is -2.50. The van der Waals surface area contributed by atoms with Crippen molar-refractivity contribution in [2.24, 2.45) is 5.92 Å². The first-order chi connectivity index (χ1) is 11.9. The highest BCUT2D eigenvalue weighted by atomic mass is 32.2. The molecule has 1 aliphatic rings. The summed E-state index contributed by atoms with van der Waals surface area (Å²) < 4.78 is 0. The Morgan fingerprint density at radius 2 is 1.76 bits per heavy atom. The molecule has 0 aliphatic carbocycles. The van der Waals surface area contributed by atoms with Gasteiger partial charge in [0.15, 0.2) is 0 Å². The third kappa shape index (κ3) is 6.01. The van der Waals surface area contributed by atoms with E-state index in [0.717, 1.165) is 37.6 Å². The van der Waals surface area contributed by atoms with Crippen LogP contribution in [0.25, 0.3) is 0 Å². The van der Waals surface area contributed by atoms with E-state index in [1.54, 1.807) is 12.1 Å². The highest BCUT2D eigenvalue weighted by Gasteiger charge is 2.25. The van der Waals surface area contributed by atoms with Crippen LogP contribution in [0.4, 0.5) is 5.69 Å². The zero-order valence-corrected chi connectivity index (χ0v) is 16.0. The van der Waals surface area contributed by atoms with Gasteiger partial charge in [-0.1, -0.05) is 13.8 Å². The van der Waals surface area contributed by atoms with Gasteiger partial charge in [0.05, 0.1) is 10.2 Å². The number of amides is 1. The Kier molecular flexibility index (Phi) is 7.25. The molecule has 6 nitrogen and oxygen atoms in total. The fourth-order valence-electron chi connectivity index (χ4n) is 2.79. The van der Waals surface area contributed by atoms with Crippen molar-refractivity contribution in [3.8, 4) is 0 Å². The smallest absolute Gasteiger partial charge is 0.269 e. The van der Waals surface area contributed by atoms with Crippen molar-refractivity contribution < 1.29 is 9.72 Å². The van der Waals surface area contributed by atoms with Crippen LogP contribution < -0.4 is 0 Å². The molecule has 1 aromatic carbocycles. The molecule has 0 N–H and O–H groups in total. The molecule has 1 aromatic rings. The molecule has 1 atom stereocenters.